The van der Waals surface area contributed by atoms with Crippen LogP contribution >= 0.6 is 0 Å². The van der Waals surface area contributed by atoms with Gasteiger partial charge >= 0.3 is 0 Å². The van der Waals surface area contributed by atoms with Gasteiger partial charge in [-0.15, -0.1) is 0 Å². The van der Waals surface area contributed by atoms with Crippen molar-refractivity contribution in [2.24, 2.45) is 17.6 Å². The third-order valence-corrected chi connectivity index (χ3v) is 3.43. The number of hydrogen-bond donors (Lipinski definition) is 1. The minimum Gasteiger partial charge on any atom is -0.333 e. The molecule has 2 rings (SSSR count). The van der Waals surface area contributed by atoms with Crippen LogP contribution in [-0.4, -0.2) is 36.6 Å². The molecule has 0 aromatic heterocycles. The van der Waals surface area contributed by atoms with Crippen molar-refractivity contribution in [1.29, 1.82) is 0 Å². The van der Waals surface area contributed by atoms with Gasteiger partial charge in [-0.3, -0.25) is 14.5 Å². The lowest BCUT2D eigenvalue weighted by Gasteiger charge is -2.28. The monoisotopic (exact) mass is 252 g/mol. The van der Waals surface area contributed by atoms with Gasteiger partial charge in [0, 0.05) is 24.6 Å². The molecule has 0 aromatic carbocycles. The predicted octanol–water partition coefficient (Wildman–Crippen LogP) is 0.492. The van der Waals surface area contributed by atoms with Gasteiger partial charge < -0.3 is 10.5 Å². The standard InChI is InChI=1S/C12H15NO3.CH5N/c14-8-10-3-1-9(2-4-10)7-13-11(15)5-6-12(13)16;1-2/h5-6,8-10H,1-4,7H2;2H2,1H3. The highest BCUT2D eigenvalue weighted by molar-refractivity contribution is 6.12. The van der Waals surface area contributed by atoms with Gasteiger partial charge in [-0.1, -0.05) is 0 Å². The predicted molar refractivity (Wildman–Crippen MR) is 67.5 cm³/mol. The molecule has 1 aliphatic carbocycles. The first-order valence-corrected chi connectivity index (χ1v) is 6.27. The number of nitrogens with zero attached hydrogens (tertiary/aromatic N) is 1. The van der Waals surface area contributed by atoms with Crippen molar-refractivity contribution >= 4 is 18.1 Å². The summed E-state index contributed by atoms with van der Waals surface area (Å²) < 4.78 is 0. The average Bonchev–Trinajstić information content (AvgIpc) is 2.74. The molecule has 0 aromatic rings. The summed E-state index contributed by atoms with van der Waals surface area (Å²) in [5.74, 6) is 0.133. The molecule has 1 aliphatic heterocycles. The van der Waals surface area contributed by atoms with E-state index in [-0.39, 0.29) is 17.7 Å². The minimum atomic E-state index is -0.206. The summed E-state index contributed by atoms with van der Waals surface area (Å²) in [6, 6.07) is 0. The number of nitrogens with two attached hydrogens (primary N) is 1. The number of hydrogen-bond acceptors (Lipinski definition) is 4. The van der Waals surface area contributed by atoms with E-state index in [9.17, 15) is 14.4 Å². The van der Waals surface area contributed by atoms with Crippen molar-refractivity contribution in [1.82, 2.24) is 4.90 Å². The van der Waals surface area contributed by atoms with Crippen LogP contribution in [0.5, 0.6) is 0 Å². The number of carbonyl (C=O) groups is 3. The molecule has 2 amide bonds. The number of rotatable bonds is 3. The molecule has 1 heterocycles. The van der Waals surface area contributed by atoms with Gasteiger partial charge in [-0.25, -0.2) is 0 Å². The molecule has 0 atom stereocenters. The van der Waals surface area contributed by atoms with E-state index in [1.54, 1.807) is 0 Å². The normalized spacial score (nSPS) is 26.9. The van der Waals surface area contributed by atoms with E-state index >= 15 is 0 Å². The lowest BCUT2D eigenvalue weighted by molar-refractivity contribution is -0.137. The first-order chi connectivity index (χ1) is 8.70. The quantitative estimate of drug-likeness (QED) is 0.585. The van der Waals surface area contributed by atoms with Gasteiger partial charge in [0.2, 0.25) is 0 Å². The molecular weight excluding hydrogens is 232 g/mol. The molecular formula is C13H20N2O3. The summed E-state index contributed by atoms with van der Waals surface area (Å²) in [4.78, 5) is 34.6. The first-order valence-electron chi connectivity index (χ1n) is 6.27. The molecule has 1 saturated carbocycles. The Bertz CT molecular complexity index is 326. The minimum absolute atomic E-state index is 0.180. The highest BCUT2D eigenvalue weighted by atomic mass is 16.2. The van der Waals surface area contributed by atoms with Crippen molar-refractivity contribution in [3.63, 3.8) is 0 Å². The summed E-state index contributed by atoms with van der Waals surface area (Å²) in [7, 11) is 1.50. The van der Waals surface area contributed by atoms with E-state index < -0.39 is 0 Å². The molecule has 2 aliphatic rings. The second kappa shape index (κ2) is 7.06. The molecule has 100 valence electrons. The summed E-state index contributed by atoms with van der Waals surface area (Å²) in [6.07, 6.45) is 7.29. The molecule has 0 bridgehead atoms. The van der Waals surface area contributed by atoms with Crippen LogP contribution in [0.3, 0.4) is 0 Å². The fourth-order valence-corrected chi connectivity index (χ4v) is 2.38. The number of carbonyl (C=O) groups excluding carboxylic acids is 3. The summed E-state index contributed by atoms with van der Waals surface area (Å²) in [5, 5.41) is 0. The fourth-order valence-electron chi connectivity index (χ4n) is 2.38. The number of amides is 2. The van der Waals surface area contributed by atoms with Crippen molar-refractivity contribution in [2.45, 2.75) is 25.7 Å². The van der Waals surface area contributed by atoms with Gasteiger partial charge in [0.25, 0.3) is 11.8 Å². The molecule has 5 nitrogen and oxygen atoms in total. The smallest absolute Gasteiger partial charge is 0.253 e. The average molecular weight is 252 g/mol. The molecule has 18 heavy (non-hydrogen) atoms. The maximum atomic E-state index is 11.3. The van der Waals surface area contributed by atoms with Crippen molar-refractivity contribution in [3.05, 3.63) is 12.2 Å². The number of imide groups is 1. The second-order valence-corrected chi connectivity index (χ2v) is 4.54. The fraction of sp³-hybridized carbons (Fsp3) is 0.615. The molecule has 0 saturated heterocycles. The van der Waals surface area contributed by atoms with Crippen molar-refractivity contribution in [3.8, 4) is 0 Å². The molecule has 2 N–H and O–H groups in total. The van der Waals surface area contributed by atoms with E-state index in [2.05, 4.69) is 5.73 Å². The Kier molecular flexibility index (Phi) is 5.71. The Labute approximate surface area is 107 Å². The van der Waals surface area contributed by atoms with E-state index in [4.69, 9.17) is 0 Å². The van der Waals surface area contributed by atoms with Crippen molar-refractivity contribution in [2.75, 3.05) is 13.6 Å². The third-order valence-electron chi connectivity index (χ3n) is 3.43. The Hall–Kier alpha value is -1.49. The zero-order valence-electron chi connectivity index (χ0n) is 10.7. The second-order valence-electron chi connectivity index (χ2n) is 4.54. The van der Waals surface area contributed by atoms with Crippen LogP contribution in [0.4, 0.5) is 0 Å². The lowest BCUT2D eigenvalue weighted by Crippen LogP contribution is -2.36. The van der Waals surface area contributed by atoms with E-state index in [1.165, 1.54) is 24.1 Å². The van der Waals surface area contributed by atoms with Gasteiger partial charge in [0.1, 0.15) is 6.29 Å². The molecule has 0 unspecified atom stereocenters. The summed E-state index contributed by atoms with van der Waals surface area (Å²) in [5.41, 5.74) is 4.50. The van der Waals surface area contributed by atoms with Crippen LogP contribution < -0.4 is 5.73 Å². The van der Waals surface area contributed by atoms with Crippen LogP contribution in [0.15, 0.2) is 12.2 Å². The number of aldehydes is 1. The Morgan fingerprint density at radius 1 is 1.17 bits per heavy atom. The van der Waals surface area contributed by atoms with Crippen LogP contribution in [0.1, 0.15) is 25.7 Å². The van der Waals surface area contributed by atoms with E-state index in [0.717, 1.165) is 32.0 Å². The highest BCUT2D eigenvalue weighted by Gasteiger charge is 2.28. The SMILES string of the molecule is CN.O=CC1CCC(CN2C(=O)C=CC2=O)CC1. The van der Waals surface area contributed by atoms with Gasteiger partial charge in [-0.2, -0.15) is 0 Å². The third kappa shape index (κ3) is 3.50. The lowest BCUT2D eigenvalue weighted by atomic mass is 9.82. The maximum Gasteiger partial charge on any atom is 0.253 e. The maximum absolute atomic E-state index is 11.3. The van der Waals surface area contributed by atoms with E-state index in [1.807, 2.05) is 0 Å². The molecule has 1 fully saturated rings. The topological polar surface area (TPSA) is 80.5 Å². The van der Waals surface area contributed by atoms with Gasteiger partial charge in [0.15, 0.2) is 0 Å². The summed E-state index contributed by atoms with van der Waals surface area (Å²) >= 11 is 0. The zero-order chi connectivity index (χ0) is 13.5. The Balaban J connectivity index is 0.000000771. The highest BCUT2D eigenvalue weighted by Crippen LogP contribution is 2.28. The van der Waals surface area contributed by atoms with Crippen LogP contribution in [0.2, 0.25) is 0 Å². The van der Waals surface area contributed by atoms with Gasteiger partial charge in [0.05, 0.1) is 0 Å². The molecule has 5 heteroatoms. The Morgan fingerprint density at radius 2 is 1.67 bits per heavy atom. The Morgan fingerprint density at radius 3 is 2.11 bits per heavy atom. The van der Waals surface area contributed by atoms with Crippen molar-refractivity contribution < 1.29 is 14.4 Å². The molecule has 0 spiro atoms. The van der Waals surface area contributed by atoms with Crippen LogP contribution in [-0.2, 0) is 14.4 Å². The van der Waals surface area contributed by atoms with Crippen LogP contribution in [0, 0.1) is 11.8 Å². The van der Waals surface area contributed by atoms with Crippen LogP contribution in [0.25, 0.3) is 0 Å². The zero-order valence-corrected chi connectivity index (χ0v) is 10.7. The largest absolute Gasteiger partial charge is 0.333 e. The summed E-state index contributed by atoms with van der Waals surface area (Å²) in [6.45, 7) is 0.510. The molecule has 0 radical (unpaired) electrons. The first kappa shape index (κ1) is 14.6. The van der Waals surface area contributed by atoms with Gasteiger partial charge in [-0.05, 0) is 38.6 Å². The van der Waals surface area contributed by atoms with E-state index in [0.29, 0.717) is 12.5 Å².